The normalized spacial score (nSPS) is 22.0. The number of carbonyl (C=O) groups is 1. The molecule has 8 heteroatoms. The van der Waals surface area contributed by atoms with Gasteiger partial charge in [0.05, 0.1) is 17.5 Å². The number of hydrogen-bond donors (Lipinski definition) is 1. The van der Waals surface area contributed by atoms with Crippen LogP contribution in [-0.4, -0.2) is 54.0 Å². The zero-order valence-corrected chi connectivity index (χ0v) is 15.5. The van der Waals surface area contributed by atoms with E-state index in [4.69, 9.17) is 0 Å². The summed E-state index contributed by atoms with van der Waals surface area (Å²) in [5.41, 5.74) is 1.20. The molecule has 1 aromatic rings. The molecule has 2 heterocycles. The van der Waals surface area contributed by atoms with Crippen molar-refractivity contribution in [2.24, 2.45) is 11.8 Å². The van der Waals surface area contributed by atoms with Crippen molar-refractivity contribution in [1.29, 1.82) is 0 Å². The molecule has 2 atom stereocenters. The number of nitrogens with zero attached hydrogens (tertiary/aromatic N) is 3. The Labute approximate surface area is 143 Å². The Kier molecular flexibility index (Phi) is 5.92. The number of aromatic nitrogens is 2. The first-order valence-corrected chi connectivity index (χ1v) is 10.1. The highest BCUT2D eigenvalue weighted by Gasteiger charge is 2.39. The lowest BCUT2D eigenvalue weighted by Crippen LogP contribution is -2.42. The second-order valence-corrected chi connectivity index (χ2v) is 8.68. The fourth-order valence-electron chi connectivity index (χ4n) is 3.12. The second kappa shape index (κ2) is 7.57. The van der Waals surface area contributed by atoms with E-state index >= 15 is 0 Å². The monoisotopic (exact) mass is 354 g/mol. The van der Waals surface area contributed by atoms with Gasteiger partial charge in [0.1, 0.15) is 6.33 Å². The van der Waals surface area contributed by atoms with E-state index in [0.29, 0.717) is 25.1 Å². The van der Waals surface area contributed by atoms with Crippen LogP contribution in [0.5, 0.6) is 0 Å². The summed E-state index contributed by atoms with van der Waals surface area (Å²) in [6.07, 6.45) is 5.77. The van der Waals surface area contributed by atoms with Gasteiger partial charge in [0, 0.05) is 25.3 Å². The van der Waals surface area contributed by atoms with Crippen LogP contribution < -0.4 is 5.32 Å². The lowest BCUT2D eigenvalue weighted by atomic mass is 9.91. The largest absolute Gasteiger partial charge is 0.348 e. The first-order valence-electron chi connectivity index (χ1n) is 8.28. The van der Waals surface area contributed by atoms with E-state index in [2.05, 4.69) is 15.3 Å². The number of amides is 1. The summed E-state index contributed by atoms with van der Waals surface area (Å²) in [6.45, 7) is 6.87. The zero-order chi connectivity index (χ0) is 17.9. The van der Waals surface area contributed by atoms with E-state index < -0.39 is 10.0 Å². The van der Waals surface area contributed by atoms with Crippen LogP contribution in [0, 0.1) is 11.8 Å². The summed E-state index contributed by atoms with van der Waals surface area (Å²) >= 11 is 0. The first-order chi connectivity index (χ1) is 11.2. The number of sulfonamides is 1. The van der Waals surface area contributed by atoms with Crippen LogP contribution >= 0.6 is 0 Å². The molecule has 1 N–H and O–H groups in total. The number of nitrogens with one attached hydrogen (secondary N) is 1. The minimum Gasteiger partial charge on any atom is -0.348 e. The first kappa shape index (κ1) is 18.8. The maximum atomic E-state index is 12.7. The van der Waals surface area contributed by atoms with Gasteiger partial charge >= 0.3 is 0 Å². The Morgan fingerprint density at radius 2 is 2.12 bits per heavy atom. The quantitative estimate of drug-likeness (QED) is 0.825. The Morgan fingerprint density at radius 3 is 2.71 bits per heavy atom. The van der Waals surface area contributed by atoms with Gasteiger partial charge in [-0.2, -0.15) is 4.31 Å². The molecular weight excluding hydrogens is 328 g/mol. The molecule has 0 aromatic carbocycles. The third-order valence-corrected chi connectivity index (χ3v) is 5.74. The molecule has 134 valence electrons. The Bertz CT molecular complexity index is 690. The molecule has 1 aromatic heterocycles. The van der Waals surface area contributed by atoms with Crippen molar-refractivity contribution in [3.8, 4) is 0 Å². The summed E-state index contributed by atoms with van der Waals surface area (Å²) in [4.78, 5) is 20.8. The fourth-order valence-corrected chi connectivity index (χ4v) is 3.99. The Morgan fingerprint density at radius 1 is 1.42 bits per heavy atom. The molecule has 1 amide bonds. The summed E-state index contributed by atoms with van der Waals surface area (Å²) in [7, 11) is -3.26. The average molecular weight is 354 g/mol. The average Bonchev–Trinajstić information content (AvgIpc) is 2.92. The van der Waals surface area contributed by atoms with Crippen LogP contribution in [0.4, 0.5) is 0 Å². The van der Waals surface area contributed by atoms with Gasteiger partial charge in [0.2, 0.25) is 10.0 Å². The Hall–Kier alpha value is -1.54. The second-order valence-electron chi connectivity index (χ2n) is 6.70. The van der Waals surface area contributed by atoms with Crippen molar-refractivity contribution < 1.29 is 13.2 Å². The highest BCUT2D eigenvalue weighted by atomic mass is 32.2. The predicted molar refractivity (Wildman–Crippen MR) is 92.0 cm³/mol. The van der Waals surface area contributed by atoms with Crippen LogP contribution in [0.1, 0.15) is 43.2 Å². The maximum Gasteiger partial charge on any atom is 0.254 e. The lowest BCUT2D eigenvalue weighted by Gasteiger charge is -2.23. The molecule has 1 saturated heterocycles. The Balaban J connectivity index is 2.18. The van der Waals surface area contributed by atoms with Crippen molar-refractivity contribution in [2.45, 2.75) is 39.7 Å². The molecule has 1 aliphatic rings. The SMILES string of the molecule is CCCc1ncncc1C(=O)N[C@@H]1CN(S(C)(=O)=O)C[C@H]1C(C)C. The van der Waals surface area contributed by atoms with Gasteiger partial charge in [-0.25, -0.2) is 18.4 Å². The topological polar surface area (TPSA) is 92.3 Å². The van der Waals surface area contributed by atoms with Crippen molar-refractivity contribution in [3.63, 3.8) is 0 Å². The van der Waals surface area contributed by atoms with E-state index in [9.17, 15) is 13.2 Å². The molecule has 0 spiro atoms. The van der Waals surface area contributed by atoms with Gasteiger partial charge in [0.15, 0.2) is 0 Å². The smallest absolute Gasteiger partial charge is 0.254 e. The van der Waals surface area contributed by atoms with Gasteiger partial charge in [-0.1, -0.05) is 27.2 Å². The van der Waals surface area contributed by atoms with Gasteiger partial charge in [-0.05, 0) is 18.3 Å². The highest BCUT2D eigenvalue weighted by molar-refractivity contribution is 7.88. The molecule has 0 saturated carbocycles. The van der Waals surface area contributed by atoms with Crippen LogP contribution in [0.15, 0.2) is 12.5 Å². The summed E-state index contributed by atoms with van der Waals surface area (Å²) in [5, 5.41) is 3.00. The molecule has 2 rings (SSSR count). The third kappa shape index (κ3) is 4.30. The molecule has 0 radical (unpaired) electrons. The fraction of sp³-hybridized carbons (Fsp3) is 0.688. The van der Waals surface area contributed by atoms with E-state index in [1.54, 1.807) is 0 Å². The van der Waals surface area contributed by atoms with Crippen molar-refractivity contribution in [1.82, 2.24) is 19.6 Å². The third-order valence-electron chi connectivity index (χ3n) is 4.50. The molecule has 24 heavy (non-hydrogen) atoms. The van der Waals surface area contributed by atoms with Gasteiger partial charge in [-0.3, -0.25) is 4.79 Å². The van der Waals surface area contributed by atoms with Crippen LogP contribution in [0.2, 0.25) is 0 Å². The van der Waals surface area contributed by atoms with Crippen LogP contribution in [0.25, 0.3) is 0 Å². The summed E-state index contributed by atoms with van der Waals surface area (Å²) in [6, 6.07) is -0.207. The van der Waals surface area contributed by atoms with E-state index in [-0.39, 0.29) is 23.8 Å². The minimum absolute atomic E-state index is 0.0860. The van der Waals surface area contributed by atoms with Crippen LogP contribution in [-0.2, 0) is 16.4 Å². The van der Waals surface area contributed by atoms with Gasteiger partial charge < -0.3 is 5.32 Å². The van der Waals surface area contributed by atoms with E-state index in [0.717, 1.165) is 12.1 Å². The number of carbonyl (C=O) groups excluding carboxylic acids is 1. The zero-order valence-electron chi connectivity index (χ0n) is 14.7. The van der Waals surface area contributed by atoms with E-state index in [1.807, 2.05) is 20.8 Å². The predicted octanol–water partition coefficient (Wildman–Crippen LogP) is 1.07. The van der Waals surface area contributed by atoms with Gasteiger partial charge in [-0.15, -0.1) is 0 Å². The molecule has 0 unspecified atom stereocenters. The van der Waals surface area contributed by atoms with Crippen molar-refractivity contribution >= 4 is 15.9 Å². The number of aryl methyl sites for hydroxylation is 1. The molecular formula is C16H26N4O3S. The highest BCUT2D eigenvalue weighted by Crippen LogP contribution is 2.26. The van der Waals surface area contributed by atoms with Crippen LogP contribution in [0.3, 0.4) is 0 Å². The molecule has 0 aliphatic carbocycles. The van der Waals surface area contributed by atoms with E-state index in [1.165, 1.54) is 23.1 Å². The number of rotatable bonds is 6. The molecule has 1 aliphatic heterocycles. The summed E-state index contributed by atoms with van der Waals surface area (Å²) < 4.78 is 25.1. The standard InChI is InChI=1S/C16H26N4O3S/c1-5-6-14-12(7-17-10-18-14)16(21)19-15-9-20(24(4,22)23)8-13(15)11(2)3/h7,10-11,13,15H,5-6,8-9H2,1-4H3,(H,19,21)/t13-,15+/m0/s1. The lowest BCUT2D eigenvalue weighted by molar-refractivity contribution is 0.0923. The maximum absolute atomic E-state index is 12.7. The summed E-state index contributed by atoms with van der Waals surface area (Å²) in [5.74, 6) is 0.122. The molecule has 7 nitrogen and oxygen atoms in total. The van der Waals surface area contributed by atoms with Crippen molar-refractivity contribution in [2.75, 3.05) is 19.3 Å². The number of hydrogen-bond acceptors (Lipinski definition) is 5. The molecule has 0 bridgehead atoms. The molecule has 1 fully saturated rings. The van der Waals surface area contributed by atoms with Gasteiger partial charge in [0.25, 0.3) is 5.91 Å². The van der Waals surface area contributed by atoms with Crippen molar-refractivity contribution in [3.05, 3.63) is 23.8 Å². The minimum atomic E-state index is -3.26.